The van der Waals surface area contributed by atoms with Gasteiger partial charge in [0.2, 0.25) is 5.91 Å². The van der Waals surface area contributed by atoms with Crippen molar-refractivity contribution in [3.05, 3.63) is 65.7 Å². The highest BCUT2D eigenvalue weighted by Crippen LogP contribution is 2.51. The number of fused-ring (bicyclic) bond motifs is 2. The number of nitrogens with zero attached hydrogens (tertiary/aromatic N) is 1. The second-order valence-electron chi connectivity index (χ2n) is 9.82. The molecule has 1 saturated carbocycles. The Morgan fingerprint density at radius 1 is 1.15 bits per heavy atom. The van der Waals surface area contributed by atoms with Gasteiger partial charge >= 0.3 is 5.97 Å². The summed E-state index contributed by atoms with van der Waals surface area (Å²) < 4.78 is 5.19. The number of carbonyl (C=O) groups is 2. The van der Waals surface area contributed by atoms with Crippen molar-refractivity contribution in [2.45, 2.75) is 57.4 Å². The summed E-state index contributed by atoms with van der Waals surface area (Å²) in [5, 5.41) is 2.95. The van der Waals surface area contributed by atoms with E-state index in [9.17, 15) is 9.59 Å². The van der Waals surface area contributed by atoms with E-state index < -0.39 is 0 Å². The minimum atomic E-state index is -0.165. The Morgan fingerprint density at radius 3 is 2.67 bits per heavy atom. The maximum Gasteiger partial charge on any atom is 0.310 e. The highest BCUT2D eigenvalue weighted by atomic mass is 16.5. The number of hydrogen-bond acceptors (Lipinski definition) is 4. The van der Waals surface area contributed by atoms with Gasteiger partial charge in [0.25, 0.3) is 0 Å². The molecule has 0 spiro atoms. The maximum atomic E-state index is 12.7. The molecule has 1 heterocycles. The maximum absolute atomic E-state index is 12.7. The van der Waals surface area contributed by atoms with Crippen LogP contribution in [0.2, 0.25) is 0 Å². The zero-order chi connectivity index (χ0) is 23.4. The first-order valence-corrected chi connectivity index (χ1v) is 12.2. The predicted octanol–water partition coefficient (Wildman–Crippen LogP) is 4.81. The smallest absolute Gasteiger partial charge is 0.310 e. The Morgan fingerprint density at radius 2 is 1.94 bits per heavy atom. The van der Waals surface area contributed by atoms with Crippen LogP contribution < -0.4 is 5.32 Å². The molecule has 2 aromatic rings. The number of hydrogen-bond donors (Lipinski definition) is 1. The van der Waals surface area contributed by atoms with E-state index in [0.717, 1.165) is 31.6 Å². The van der Waals surface area contributed by atoms with Crippen molar-refractivity contribution < 1.29 is 14.3 Å². The van der Waals surface area contributed by atoms with Gasteiger partial charge in [0.15, 0.2) is 0 Å². The molecular weight excluding hydrogens is 412 g/mol. The van der Waals surface area contributed by atoms with Gasteiger partial charge in [0.05, 0.1) is 13.0 Å². The van der Waals surface area contributed by atoms with Crippen LogP contribution in [-0.4, -0.2) is 43.0 Å². The van der Waals surface area contributed by atoms with Crippen LogP contribution in [0.4, 0.5) is 5.69 Å². The van der Waals surface area contributed by atoms with Crippen molar-refractivity contribution >= 4 is 17.6 Å². The second kappa shape index (κ2) is 10.1. The molecule has 5 nitrogen and oxygen atoms in total. The van der Waals surface area contributed by atoms with Gasteiger partial charge < -0.3 is 10.1 Å². The topological polar surface area (TPSA) is 58.6 Å². The fourth-order valence-corrected chi connectivity index (χ4v) is 6.29. The molecule has 0 aromatic heterocycles. The normalized spacial score (nSPS) is 25.8. The van der Waals surface area contributed by atoms with E-state index in [-0.39, 0.29) is 23.2 Å². The molecule has 3 unspecified atom stereocenters. The summed E-state index contributed by atoms with van der Waals surface area (Å²) in [6.07, 6.45) is 5.28. The molecule has 5 heteroatoms. The first-order chi connectivity index (χ1) is 15.9. The molecule has 2 aromatic carbocycles. The molecule has 33 heavy (non-hydrogen) atoms. The minimum absolute atomic E-state index is 0.0405. The molecule has 1 aliphatic heterocycles. The number of anilines is 1. The summed E-state index contributed by atoms with van der Waals surface area (Å²) in [7, 11) is 1.49. The Labute approximate surface area is 197 Å². The predicted molar refractivity (Wildman–Crippen MR) is 131 cm³/mol. The Balaban J connectivity index is 1.54. The lowest BCUT2D eigenvalue weighted by atomic mass is 9.57. The van der Waals surface area contributed by atoms with Crippen molar-refractivity contribution in [1.29, 1.82) is 0 Å². The molecule has 2 fully saturated rings. The van der Waals surface area contributed by atoms with Crippen molar-refractivity contribution in [2.24, 2.45) is 11.8 Å². The van der Waals surface area contributed by atoms with Crippen LogP contribution in [0.1, 0.15) is 50.7 Å². The monoisotopic (exact) mass is 448 g/mol. The summed E-state index contributed by atoms with van der Waals surface area (Å²) in [6.45, 7) is 5.64. The first-order valence-electron chi connectivity index (χ1n) is 12.2. The van der Waals surface area contributed by atoms with Gasteiger partial charge in [0, 0.05) is 30.6 Å². The van der Waals surface area contributed by atoms with Crippen molar-refractivity contribution in [3.8, 4) is 0 Å². The Hall–Kier alpha value is -2.66. The second-order valence-corrected chi connectivity index (χ2v) is 9.82. The van der Waals surface area contributed by atoms with E-state index in [2.05, 4.69) is 47.5 Å². The van der Waals surface area contributed by atoms with E-state index in [1.165, 1.54) is 31.1 Å². The van der Waals surface area contributed by atoms with Gasteiger partial charge in [0.1, 0.15) is 0 Å². The van der Waals surface area contributed by atoms with Crippen LogP contribution in [0.5, 0.6) is 0 Å². The minimum Gasteiger partial charge on any atom is -0.469 e. The molecule has 1 N–H and O–H groups in total. The third-order valence-electron chi connectivity index (χ3n) is 7.96. The Bertz CT molecular complexity index is 976. The van der Waals surface area contributed by atoms with Gasteiger partial charge in [-0.3, -0.25) is 14.5 Å². The van der Waals surface area contributed by atoms with Crippen LogP contribution in [-0.2, 0) is 26.2 Å². The number of amides is 1. The molecule has 0 radical (unpaired) electrons. The molecule has 4 atom stereocenters. The molecule has 2 aliphatic rings. The van der Waals surface area contributed by atoms with E-state index >= 15 is 0 Å². The quantitative estimate of drug-likeness (QED) is 0.618. The van der Waals surface area contributed by atoms with E-state index in [4.69, 9.17) is 4.74 Å². The van der Waals surface area contributed by atoms with E-state index in [1.807, 2.05) is 24.3 Å². The molecule has 1 aliphatic carbocycles. The fraction of sp³-hybridized carbons (Fsp3) is 0.500. The van der Waals surface area contributed by atoms with Gasteiger partial charge in [-0.2, -0.15) is 0 Å². The summed E-state index contributed by atoms with van der Waals surface area (Å²) in [6, 6.07) is 19.1. The zero-order valence-electron chi connectivity index (χ0n) is 20.0. The summed E-state index contributed by atoms with van der Waals surface area (Å²) >= 11 is 0. The number of methoxy groups -OCH3 is 1. The van der Waals surface area contributed by atoms with E-state index in [0.29, 0.717) is 18.4 Å². The largest absolute Gasteiger partial charge is 0.469 e. The zero-order valence-corrected chi connectivity index (χ0v) is 20.0. The molecule has 176 valence electrons. The number of piperidine rings is 1. The highest BCUT2D eigenvalue weighted by molar-refractivity contribution is 5.88. The van der Waals surface area contributed by atoms with Crippen LogP contribution >= 0.6 is 0 Å². The number of nitrogens with one attached hydrogen (secondary N) is 1. The van der Waals surface area contributed by atoms with Gasteiger partial charge in [-0.15, -0.1) is 0 Å². The standard InChI is InChI=1S/C28H36N2O3/c1-20-26-13-8-14-28(20,24-11-7-12-25(18-24)29-21(2)31)15-16-30(26)19-23(27(32)33-3)17-22-9-5-4-6-10-22/h4-7,9-12,18,20,23,26H,8,13-17,19H2,1-3H3,(H,29,31)/t20-,23?,26?,28?/m0/s1. The van der Waals surface area contributed by atoms with Crippen LogP contribution in [0.25, 0.3) is 0 Å². The Kier molecular flexibility index (Phi) is 7.18. The van der Waals surface area contributed by atoms with Crippen LogP contribution in [0, 0.1) is 11.8 Å². The lowest BCUT2D eigenvalue weighted by Gasteiger charge is -2.56. The van der Waals surface area contributed by atoms with Crippen LogP contribution in [0.15, 0.2) is 54.6 Å². The average molecular weight is 449 g/mol. The van der Waals surface area contributed by atoms with Crippen molar-refractivity contribution in [3.63, 3.8) is 0 Å². The average Bonchev–Trinajstić information content (AvgIpc) is 2.80. The number of carbonyl (C=O) groups excluding carboxylic acids is 2. The molecule has 1 saturated heterocycles. The van der Waals surface area contributed by atoms with Crippen molar-refractivity contribution in [2.75, 3.05) is 25.5 Å². The van der Waals surface area contributed by atoms with Gasteiger partial charge in [-0.25, -0.2) is 0 Å². The molecule has 2 bridgehead atoms. The molecule has 1 amide bonds. The van der Waals surface area contributed by atoms with Gasteiger partial charge in [-0.05, 0) is 61.4 Å². The summed E-state index contributed by atoms with van der Waals surface area (Å²) in [5.41, 5.74) is 3.50. The molecule has 4 rings (SSSR count). The first kappa shape index (κ1) is 23.5. The number of rotatable bonds is 7. The van der Waals surface area contributed by atoms with Crippen molar-refractivity contribution in [1.82, 2.24) is 4.90 Å². The highest BCUT2D eigenvalue weighted by Gasteiger charge is 2.49. The third-order valence-corrected chi connectivity index (χ3v) is 7.96. The number of ether oxygens (including phenoxy) is 1. The summed E-state index contributed by atoms with van der Waals surface area (Å²) in [4.78, 5) is 26.8. The lowest BCUT2D eigenvalue weighted by Crippen LogP contribution is -2.59. The molecular formula is C28H36N2O3. The van der Waals surface area contributed by atoms with E-state index in [1.54, 1.807) is 6.92 Å². The number of esters is 1. The fourth-order valence-electron chi connectivity index (χ4n) is 6.29. The number of benzene rings is 2. The third kappa shape index (κ3) is 4.98. The summed E-state index contributed by atoms with van der Waals surface area (Å²) in [5.74, 6) is 0.146. The van der Waals surface area contributed by atoms with Crippen LogP contribution in [0.3, 0.4) is 0 Å². The lowest BCUT2D eigenvalue weighted by molar-refractivity contribution is -0.147. The van der Waals surface area contributed by atoms with Gasteiger partial charge in [-0.1, -0.05) is 55.8 Å². The number of likely N-dealkylation sites (tertiary alicyclic amines) is 1. The SMILES string of the molecule is COC(=O)C(Cc1ccccc1)CN1CCC2(c3cccc(NC(C)=O)c3)CCCC1[C@@H]2C.